The third kappa shape index (κ3) is 3.85. The van der Waals surface area contributed by atoms with E-state index in [0.29, 0.717) is 5.56 Å². The molecule has 0 saturated heterocycles. The first-order valence-corrected chi connectivity index (χ1v) is 5.63. The molecule has 1 atom stereocenters. The zero-order valence-corrected chi connectivity index (χ0v) is 10.5. The molecule has 0 aliphatic carbocycles. The minimum atomic E-state index is -0.980. The number of carboxylic acids is 2. The van der Waals surface area contributed by atoms with Crippen LogP contribution in [0.3, 0.4) is 0 Å². The van der Waals surface area contributed by atoms with Gasteiger partial charge in [-0.1, -0.05) is 29.8 Å². The Morgan fingerprint density at radius 3 is 2.22 bits per heavy atom. The van der Waals surface area contributed by atoms with Crippen LogP contribution in [-0.2, 0) is 9.59 Å². The van der Waals surface area contributed by atoms with E-state index in [0.717, 1.165) is 5.56 Å². The van der Waals surface area contributed by atoms with Gasteiger partial charge in [-0.05, 0) is 19.5 Å². The zero-order chi connectivity index (χ0) is 13.7. The topological polar surface area (TPSA) is 77.8 Å². The molecule has 0 aliphatic heterocycles. The summed E-state index contributed by atoms with van der Waals surface area (Å²) < 4.78 is 0. The van der Waals surface area contributed by atoms with Crippen LogP contribution in [0.25, 0.3) is 0 Å². The standard InChI is InChI=1S/C13H17NO4/c1-9-3-5-10(6-4-9)12(13(17)18)14(2)8-7-11(15)16/h3-6,12H,7-8H2,1-2H3,(H,15,16)(H,17,18). The van der Waals surface area contributed by atoms with Crippen molar-refractivity contribution in [1.82, 2.24) is 4.90 Å². The van der Waals surface area contributed by atoms with Crippen LogP contribution in [0.15, 0.2) is 24.3 Å². The highest BCUT2D eigenvalue weighted by Crippen LogP contribution is 2.20. The lowest BCUT2D eigenvalue weighted by atomic mass is 10.0. The van der Waals surface area contributed by atoms with Crippen molar-refractivity contribution in [3.8, 4) is 0 Å². The highest BCUT2D eigenvalue weighted by molar-refractivity contribution is 5.75. The number of hydrogen-bond acceptors (Lipinski definition) is 3. The van der Waals surface area contributed by atoms with Crippen molar-refractivity contribution in [2.45, 2.75) is 19.4 Å². The van der Waals surface area contributed by atoms with Gasteiger partial charge in [-0.2, -0.15) is 0 Å². The molecular formula is C13H17NO4. The number of nitrogens with zero attached hydrogens (tertiary/aromatic N) is 1. The van der Waals surface area contributed by atoms with Gasteiger partial charge in [0.25, 0.3) is 0 Å². The van der Waals surface area contributed by atoms with Gasteiger partial charge >= 0.3 is 11.9 Å². The van der Waals surface area contributed by atoms with Crippen LogP contribution in [0.4, 0.5) is 0 Å². The van der Waals surface area contributed by atoms with Crippen LogP contribution in [0.5, 0.6) is 0 Å². The molecule has 2 N–H and O–H groups in total. The molecule has 1 unspecified atom stereocenters. The summed E-state index contributed by atoms with van der Waals surface area (Å²) >= 11 is 0. The van der Waals surface area contributed by atoms with E-state index < -0.39 is 18.0 Å². The van der Waals surface area contributed by atoms with Crippen molar-refractivity contribution in [2.24, 2.45) is 0 Å². The summed E-state index contributed by atoms with van der Waals surface area (Å²) in [5.41, 5.74) is 1.71. The molecule has 0 bridgehead atoms. The second-order valence-electron chi connectivity index (χ2n) is 4.28. The largest absolute Gasteiger partial charge is 0.481 e. The summed E-state index contributed by atoms with van der Waals surface area (Å²) in [6.07, 6.45) is -0.0772. The molecular weight excluding hydrogens is 234 g/mol. The molecule has 0 saturated carbocycles. The van der Waals surface area contributed by atoms with Gasteiger partial charge in [-0.25, -0.2) is 0 Å². The Balaban J connectivity index is 2.85. The SMILES string of the molecule is Cc1ccc(C(C(=O)O)N(C)CCC(=O)O)cc1. The summed E-state index contributed by atoms with van der Waals surface area (Å²) in [7, 11) is 1.61. The lowest BCUT2D eigenvalue weighted by Gasteiger charge is -2.24. The summed E-state index contributed by atoms with van der Waals surface area (Å²) in [5, 5.41) is 17.9. The second kappa shape index (κ2) is 6.16. The average molecular weight is 251 g/mol. The average Bonchev–Trinajstić information content (AvgIpc) is 2.29. The summed E-state index contributed by atoms with van der Waals surface area (Å²) in [5.74, 6) is -1.92. The van der Waals surface area contributed by atoms with E-state index in [9.17, 15) is 14.7 Å². The van der Waals surface area contributed by atoms with Gasteiger partial charge in [-0.3, -0.25) is 14.5 Å². The predicted molar refractivity (Wildman–Crippen MR) is 66.4 cm³/mol. The number of benzene rings is 1. The van der Waals surface area contributed by atoms with Gasteiger partial charge in [0.05, 0.1) is 6.42 Å². The molecule has 0 amide bonds. The normalized spacial score (nSPS) is 12.4. The second-order valence-corrected chi connectivity index (χ2v) is 4.28. The lowest BCUT2D eigenvalue weighted by Crippen LogP contribution is -2.32. The van der Waals surface area contributed by atoms with Crippen molar-refractivity contribution in [3.05, 3.63) is 35.4 Å². The molecule has 0 heterocycles. The van der Waals surface area contributed by atoms with E-state index in [1.54, 1.807) is 19.2 Å². The Kier molecular flexibility index (Phi) is 4.85. The van der Waals surface area contributed by atoms with Crippen LogP contribution in [0.2, 0.25) is 0 Å². The third-order valence-electron chi connectivity index (χ3n) is 2.75. The predicted octanol–water partition coefficient (Wildman–Crippen LogP) is 1.53. The molecule has 1 rings (SSSR count). The fraction of sp³-hybridized carbons (Fsp3) is 0.385. The Morgan fingerprint density at radius 2 is 1.78 bits per heavy atom. The lowest BCUT2D eigenvalue weighted by molar-refractivity contribution is -0.144. The van der Waals surface area contributed by atoms with Crippen LogP contribution in [-0.4, -0.2) is 40.6 Å². The molecule has 0 aliphatic rings. The molecule has 1 aromatic rings. The maximum Gasteiger partial charge on any atom is 0.325 e. The molecule has 5 nitrogen and oxygen atoms in total. The van der Waals surface area contributed by atoms with E-state index in [1.807, 2.05) is 19.1 Å². The first kappa shape index (κ1) is 14.2. The van der Waals surface area contributed by atoms with Crippen LogP contribution in [0, 0.1) is 6.92 Å². The van der Waals surface area contributed by atoms with E-state index in [1.165, 1.54) is 4.90 Å². The molecule has 1 aromatic carbocycles. The number of aryl methyl sites for hydroxylation is 1. The first-order valence-electron chi connectivity index (χ1n) is 5.63. The number of likely N-dealkylation sites (N-methyl/N-ethyl adjacent to an activating group) is 1. The van der Waals surface area contributed by atoms with Gasteiger partial charge in [-0.15, -0.1) is 0 Å². The Labute approximate surface area is 106 Å². The minimum absolute atomic E-state index is 0.0772. The van der Waals surface area contributed by atoms with Crippen molar-refractivity contribution in [3.63, 3.8) is 0 Å². The maximum atomic E-state index is 11.3. The fourth-order valence-electron chi connectivity index (χ4n) is 1.74. The number of aliphatic carboxylic acids is 2. The highest BCUT2D eigenvalue weighted by atomic mass is 16.4. The molecule has 5 heteroatoms. The number of carboxylic acid groups (broad SMARTS) is 2. The van der Waals surface area contributed by atoms with E-state index in [-0.39, 0.29) is 13.0 Å². The van der Waals surface area contributed by atoms with Crippen molar-refractivity contribution < 1.29 is 19.8 Å². The van der Waals surface area contributed by atoms with Gasteiger partial charge in [0.2, 0.25) is 0 Å². The summed E-state index contributed by atoms with van der Waals surface area (Å²) in [4.78, 5) is 23.3. The monoisotopic (exact) mass is 251 g/mol. The third-order valence-corrected chi connectivity index (χ3v) is 2.75. The smallest absolute Gasteiger partial charge is 0.325 e. The van der Waals surface area contributed by atoms with E-state index >= 15 is 0 Å². The van der Waals surface area contributed by atoms with Crippen LogP contribution < -0.4 is 0 Å². The van der Waals surface area contributed by atoms with E-state index in [4.69, 9.17) is 5.11 Å². The summed E-state index contributed by atoms with van der Waals surface area (Å²) in [6, 6.07) is 6.38. The minimum Gasteiger partial charge on any atom is -0.481 e. The van der Waals surface area contributed by atoms with Crippen LogP contribution in [0.1, 0.15) is 23.6 Å². The Morgan fingerprint density at radius 1 is 1.22 bits per heavy atom. The summed E-state index contributed by atoms with van der Waals surface area (Å²) in [6.45, 7) is 2.12. The van der Waals surface area contributed by atoms with Crippen molar-refractivity contribution in [2.75, 3.05) is 13.6 Å². The van der Waals surface area contributed by atoms with Gasteiger partial charge in [0.1, 0.15) is 6.04 Å². The van der Waals surface area contributed by atoms with Gasteiger partial charge < -0.3 is 10.2 Å². The number of carbonyl (C=O) groups is 2. The van der Waals surface area contributed by atoms with Gasteiger partial charge in [0, 0.05) is 6.54 Å². The Bertz CT molecular complexity index is 427. The molecule has 18 heavy (non-hydrogen) atoms. The first-order chi connectivity index (χ1) is 8.41. The highest BCUT2D eigenvalue weighted by Gasteiger charge is 2.24. The van der Waals surface area contributed by atoms with Gasteiger partial charge in [0.15, 0.2) is 0 Å². The maximum absolute atomic E-state index is 11.3. The fourth-order valence-corrected chi connectivity index (χ4v) is 1.74. The van der Waals surface area contributed by atoms with E-state index in [2.05, 4.69) is 0 Å². The van der Waals surface area contributed by atoms with Crippen molar-refractivity contribution >= 4 is 11.9 Å². The van der Waals surface area contributed by atoms with Crippen molar-refractivity contribution in [1.29, 1.82) is 0 Å². The number of rotatable bonds is 6. The molecule has 0 spiro atoms. The molecule has 0 aromatic heterocycles. The number of hydrogen-bond donors (Lipinski definition) is 2. The molecule has 98 valence electrons. The molecule has 0 radical (unpaired) electrons. The Hall–Kier alpha value is -1.88. The quantitative estimate of drug-likeness (QED) is 0.801. The molecule has 0 fully saturated rings. The van der Waals surface area contributed by atoms with Crippen LogP contribution >= 0.6 is 0 Å². The zero-order valence-electron chi connectivity index (χ0n) is 10.5.